The Hall–Kier alpha value is -3.42. The number of nitrogens with zero attached hydrogens (tertiary/aromatic N) is 3. The van der Waals surface area contributed by atoms with E-state index in [0.717, 1.165) is 11.3 Å². The minimum atomic E-state index is -1.49. The lowest BCUT2D eigenvalue weighted by atomic mass is 9.75. The van der Waals surface area contributed by atoms with Gasteiger partial charge in [0.1, 0.15) is 11.6 Å². The molecule has 0 spiro atoms. The number of Topliss-reactive ketones (excluding diaryl/α,β-unsaturated/α-hetero) is 1. The quantitative estimate of drug-likeness (QED) is 0.587. The number of rotatable bonds is 7. The van der Waals surface area contributed by atoms with Gasteiger partial charge in [-0.25, -0.2) is 4.39 Å². The van der Waals surface area contributed by atoms with Crippen molar-refractivity contribution in [2.45, 2.75) is 51.0 Å². The van der Waals surface area contributed by atoms with E-state index < -0.39 is 23.0 Å². The van der Waals surface area contributed by atoms with Crippen LogP contribution in [-0.4, -0.2) is 51.4 Å². The number of likely N-dealkylation sites (tertiary alicyclic amines) is 2. The van der Waals surface area contributed by atoms with Gasteiger partial charge in [-0.3, -0.25) is 29.1 Å². The number of ketones is 1. The van der Waals surface area contributed by atoms with Crippen molar-refractivity contribution in [2.75, 3.05) is 13.1 Å². The van der Waals surface area contributed by atoms with Crippen molar-refractivity contribution in [3.05, 3.63) is 65.7 Å². The van der Waals surface area contributed by atoms with Crippen LogP contribution in [0.4, 0.5) is 4.39 Å². The topological polar surface area (TPSA) is 87.7 Å². The van der Waals surface area contributed by atoms with Crippen LogP contribution in [0.5, 0.6) is 0 Å². The number of halogens is 1. The van der Waals surface area contributed by atoms with Gasteiger partial charge in [0.2, 0.25) is 17.7 Å². The minimum absolute atomic E-state index is 0.0353. The minimum Gasteiger partial charge on any atom is -0.342 e. The molecular formula is C26H28FN3O4. The zero-order valence-corrected chi connectivity index (χ0v) is 19.2. The molecular weight excluding hydrogens is 437 g/mol. The number of piperidine rings is 1. The number of pyridine rings is 1. The lowest BCUT2D eigenvalue weighted by Gasteiger charge is -2.35. The number of benzene rings is 1. The van der Waals surface area contributed by atoms with Crippen LogP contribution in [0.25, 0.3) is 0 Å². The molecule has 0 aliphatic carbocycles. The van der Waals surface area contributed by atoms with Crippen molar-refractivity contribution in [2.24, 2.45) is 5.92 Å². The standard InChI is InChI=1S/C26H28FN3O4/c1-2-22(31)19-7-5-11-29(17-19)23(32)13-26(20-8-3-9-21(27)12-20)14-24(33)30(25(26)34)16-18-6-4-10-28-15-18/h3-4,6,8-10,12,15,19H,2,5,7,11,13-14,16-17H2,1H3. The second kappa shape index (κ2) is 9.83. The van der Waals surface area contributed by atoms with Crippen molar-refractivity contribution in [3.63, 3.8) is 0 Å². The van der Waals surface area contributed by atoms with Crippen molar-refractivity contribution >= 4 is 23.5 Å². The van der Waals surface area contributed by atoms with Gasteiger partial charge < -0.3 is 4.90 Å². The van der Waals surface area contributed by atoms with Crippen LogP contribution in [0.1, 0.15) is 50.2 Å². The van der Waals surface area contributed by atoms with E-state index in [4.69, 9.17) is 0 Å². The molecule has 3 amide bonds. The second-order valence-electron chi connectivity index (χ2n) is 9.09. The van der Waals surface area contributed by atoms with Crippen LogP contribution in [0.3, 0.4) is 0 Å². The lowest BCUT2D eigenvalue weighted by molar-refractivity contribution is -0.144. The average Bonchev–Trinajstić information content (AvgIpc) is 3.09. The van der Waals surface area contributed by atoms with Crippen LogP contribution >= 0.6 is 0 Å². The zero-order chi connectivity index (χ0) is 24.3. The van der Waals surface area contributed by atoms with E-state index >= 15 is 0 Å². The fraction of sp³-hybridized carbons (Fsp3) is 0.423. The Kier molecular flexibility index (Phi) is 6.86. The van der Waals surface area contributed by atoms with E-state index in [1.165, 1.54) is 18.2 Å². The number of carbonyl (C=O) groups is 4. The number of hydrogen-bond donors (Lipinski definition) is 0. The Labute approximate surface area is 198 Å². The summed E-state index contributed by atoms with van der Waals surface area (Å²) in [5, 5.41) is 0. The molecule has 2 aliphatic rings. The highest BCUT2D eigenvalue weighted by atomic mass is 19.1. The summed E-state index contributed by atoms with van der Waals surface area (Å²) in [5.74, 6) is -1.87. The fourth-order valence-corrected chi connectivity index (χ4v) is 5.01. The number of imide groups is 1. The van der Waals surface area contributed by atoms with Crippen LogP contribution in [-0.2, 0) is 31.1 Å². The lowest BCUT2D eigenvalue weighted by Crippen LogP contribution is -2.47. The summed E-state index contributed by atoms with van der Waals surface area (Å²) in [6, 6.07) is 9.04. The maximum Gasteiger partial charge on any atom is 0.241 e. The molecule has 0 bridgehead atoms. The number of amides is 3. The molecule has 7 nitrogen and oxygen atoms in total. The van der Waals surface area contributed by atoms with Crippen LogP contribution < -0.4 is 0 Å². The van der Waals surface area contributed by atoms with E-state index in [-0.39, 0.29) is 37.0 Å². The Morgan fingerprint density at radius 3 is 2.74 bits per heavy atom. The maximum atomic E-state index is 14.2. The Bertz CT molecular complexity index is 1110. The summed E-state index contributed by atoms with van der Waals surface area (Å²) in [4.78, 5) is 59.2. The normalized spacial score (nSPS) is 22.8. The second-order valence-corrected chi connectivity index (χ2v) is 9.09. The molecule has 0 saturated carbocycles. The van der Waals surface area contributed by atoms with Gasteiger partial charge in [-0.05, 0) is 42.2 Å². The molecule has 1 aromatic heterocycles. The third kappa shape index (κ3) is 4.62. The molecule has 2 unspecified atom stereocenters. The summed E-state index contributed by atoms with van der Waals surface area (Å²) in [6.45, 7) is 2.65. The van der Waals surface area contributed by atoms with Gasteiger partial charge in [0.25, 0.3) is 0 Å². The molecule has 2 atom stereocenters. The first-order chi connectivity index (χ1) is 16.3. The number of aromatic nitrogens is 1. The van der Waals surface area contributed by atoms with Crippen LogP contribution in [0.2, 0.25) is 0 Å². The molecule has 0 N–H and O–H groups in total. The maximum absolute atomic E-state index is 14.2. The summed E-state index contributed by atoms with van der Waals surface area (Å²) in [5.41, 5.74) is -0.492. The highest BCUT2D eigenvalue weighted by Gasteiger charge is 2.54. The van der Waals surface area contributed by atoms with E-state index in [1.54, 1.807) is 35.5 Å². The van der Waals surface area contributed by atoms with E-state index in [2.05, 4.69) is 4.98 Å². The molecule has 2 saturated heterocycles. The van der Waals surface area contributed by atoms with Gasteiger partial charge in [0.15, 0.2) is 0 Å². The highest BCUT2D eigenvalue weighted by Crippen LogP contribution is 2.41. The summed E-state index contributed by atoms with van der Waals surface area (Å²) < 4.78 is 14.2. The average molecular weight is 466 g/mol. The van der Waals surface area contributed by atoms with Gasteiger partial charge in [0, 0.05) is 50.7 Å². The molecule has 34 heavy (non-hydrogen) atoms. The van der Waals surface area contributed by atoms with Gasteiger partial charge in [0.05, 0.1) is 12.0 Å². The summed E-state index contributed by atoms with van der Waals surface area (Å²) >= 11 is 0. The third-order valence-corrected chi connectivity index (χ3v) is 6.88. The van der Waals surface area contributed by atoms with Gasteiger partial charge in [-0.1, -0.05) is 25.1 Å². The van der Waals surface area contributed by atoms with Gasteiger partial charge >= 0.3 is 0 Å². The molecule has 2 aromatic rings. The molecule has 2 aliphatic heterocycles. The molecule has 178 valence electrons. The third-order valence-electron chi connectivity index (χ3n) is 6.88. The first-order valence-corrected chi connectivity index (χ1v) is 11.6. The molecule has 0 radical (unpaired) electrons. The van der Waals surface area contributed by atoms with E-state index in [1.807, 2.05) is 6.92 Å². The van der Waals surface area contributed by atoms with Crippen LogP contribution in [0.15, 0.2) is 48.8 Å². The number of carbonyl (C=O) groups excluding carboxylic acids is 4. The van der Waals surface area contributed by atoms with Crippen molar-refractivity contribution in [1.82, 2.24) is 14.8 Å². The SMILES string of the molecule is CCC(=O)C1CCCN(C(=O)CC2(c3cccc(F)c3)CC(=O)N(Cc3cccnc3)C2=O)C1. The fourth-order valence-electron chi connectivity index (χ4n) is 5.01. The molecule has 2 fully saturated rings. The Balaban J connectivity index is 1.64. The van der Waals surface area contributed by atoms with Crippen molar-refractivity contribution < 1.29 is 23.6 Å². The van der Waals surface area contributed by atoms with Crippen molar-refractivity contribution in [3.8, 4) is 0 Å². The largest absolute Gasteiger partial charge is 0.342 e. The predicted octanol–water partition coefficient (Wildman–Crippen LogP) is 3.03. The van der Waals surface area contributed by atoms with E-state index in [9.17, 15) is 23.6 Å². The van der Waals surface area contributed by atoms with Gasteiger partial charge in [-0.15, -0.1) is 0 Å². The first-order valence-electron chi connectivity index (χ1n) is 11.6. The van der Waals surface area contributed by atoms with E-state index in [0.29, 0.717) is 37.1 Å². The zero-order valence-electron chi connectivity index (χ0n) is 19.2. The monoisotopic (exact) mass is 465 g/mol. The van der Waals surface area contributed by atoms with Crippen LogP contribution in [0, 0.1) is 11.7 Å². The smallest absolute Gasteiger partial charge is 0.241 e. The predicted molar refractivity (Wildman–Crippen MR) is 122 cm³/mol. The first kappa shape index (κ1) is 23.7. The highest BCUT2D eigenvalue weighted by molar-refractivity contribution is 6.10. The summed E-state index contributed by atoms with van der Waals surface area (Å²) in [7, 11) is 0. The molecule has 4 rings (SSSR count). The number of hydrogen-bond acceptors (Lipinski definition) is 5. The molecule has 8 heteroatoms. The molecule has 3 heterocycles. The summed E-state index contributed by atoms with van der Waals surface area (Å²) in [6.07, 6.45) is 4.56. The van der Waals surface area contributed by atoms with Crippen molar-refractivity contribution in [1.29, 1.82) is 0 Å². The Morgan fingerprint density at radius 1 is 1.21 bits per heavy atom. The van der Waals surface area contributed by atoms with Gasteiger partial charge in [-0.2, -0.15) is 0 Å². The Morgan fingerprint density at radius 2 is 2.03 bits per heavy atom. The molecule has 1 aromatic carbocycles.